The van der Waals surface area contributed by atoms with E-state index >= 15 is 0 Å². The molecule has 1 unspecified atom stereocenters. The maximum Gasteiger partial charge on any atom is 0.237 e. The van der Waals surface area contributed by atoms with Gasteiger partial charge in [0.15, 0.2) is 0 Å². The lowest BCUT2D eigenvalue weighted by Gasteiger charge is -2.12. The summed E-state index contributed by atoms with van der Waals surface area (Å²) in [5.41, 5.74) is 8.01. The molecule has 0 spiro atoms. The number of hydrogen-bond donors (Lipinski definition) is 2. The summed E-state index contributed by atoms with van der Waals surface area (Å²) in [7, 11) is 0. The predicted molar refractivity (Wildman–Crippen MR) is 89.7 cm³/mol. The summed E-state index contributed by atoms with van der Waals surface area (Å²) in [5.74, 6) is -0.0886. The zero-order chi connectivity index (χ0) is 15.1. The topological polar surface area (TPSA) is 72.9 Å². The molecule has 3 N–H and O–H groups in total. The Morgan fingerprint density at radius 3 is 2.82 bits per heavy atom. The summed E-state index contributed by atoms with van der Waals surface area (Å²) in [4.78, 5) is 11.8. The molecule has 2 rings (SSSR count). The van der Waals surface area contributed by atoms with Crippen LogP contribution >= 0.6 is 12.4 Å². The van der Waals surface area contributed by atoms with Crippen LogP contribution in [0.3, 0.4) is 0 Å². The van der Waals surface area contributed by atoms with Crippen molar-refractivity contribution in [2.75, 3.05) is 0 Å². The number of amides is 1. The van der Waals surface area contributed by atoms with Gasteiger partial charge in [-0.1, -0.05) is 37.6 Å². The Balaban J connectivity index is 0.00000242. The van der Waals surface area contributed by atoms with E-state index in [4.69, 9.17) is 5.73 Å². The molecule has 1 atom stereocenters. The van der Waals surface area contributed by atoms with Gasteiger partial charge in [0.05, 0.1) is 12.6 Å². The normalized spacial score (nSPS) is 11.5. The van der Waals surface area contributed by atoms with E-state index in [1.54, 1.807) is 6.20 Å². The second-order valence-corrected chi connectivity index (χ2v) is 5.14. The Morgan fingerprint density at radius 2 is 2.14 bits per heavy atom. The van der Waals surface area contributed by atoms with E-state index in [0.717, 1.165) is 24.1 Å². The molecule has 0 aliphatic carbocycles. The Labute approximate surface area is 137 Å². The summed E-state index contributed by atoms with van der Waals surface area (Å²) >= 11 is 0. The highest BCUT2D eigenvalue weighted by Gasteiger charge is 2.11. The SMILES string of the molecule is CCCC(N)C(=O)NCc1cccc(Cn2cccn2)c1.Cl. The van der Waals surface area contributed by atoms with Gasteiger partial charge in [-0.25, -0.2) is 0 Å². The molecule has 2 aromatic rings. The number of benzene rings is 1. The molecule has 0 saturated heterocycles. The second kappa shape index (κ2) is 9.23. The first-order valence-electron chi connectivity index (χ1n) is 7.27. The fourth-order valence-corrected chi connectivity index (χ4v) is 2.18. The van der Waals surface area contributed by atoms with Gasteiger partial charge in [-0.05, 0) is 23.6 Å². The van der Waals surface area contributed by atoms with Gasteiger partial charge in [-0.2, -0.15) is 5.10 Å². The first kappa shape index (κ1) is 18.2. The highest BCUT2D eigenvalue weighted by atomic mass is 35.5. The number of aromatic nitrogens is 2. The van der Waals surface area contributed by atoms with E-state index in [2.05, 4.69) is 22.5 Å². The van der Waals surface area contributed by atoms with Crippen LogP contribution in [0.15, 0.2) is 42.7 Å². The lowest BCUT2D eigenvalue weighted by molar-refractivity contribution is -0.122. The summed E-state index contributed by atoms with van der Waals surface area (Å²) < 4.78 is 1.87. The highest BCUT2D eigenvalue weighted by molar-refractivity contribution is 5.85. The zero-order valence-corrected chi connectivity index (χ0v) is 13.6. The molecule has 22 heavy (non-hydrogen) atoms. The van der Waals surface area contributed by atoms with Gasteiger partial charge in [0.25, 0.3) is 0 Å². The minimum Gasteiger partial charge on any atom is -0.351 e. The van der Waals surface area contributed by atoms with Crippen molar-refractivity contribution >= 4 is 18.3 Å². The Bertz CT molecular complexity index is 571. The average molecular weight is 323 g/mol. The Kier molecular flexibility index (Phi) is 7.63. The van der Waals surface area contributed by atoms with Crippen molar-refractivity contribution in [3.05, 3.63) is 53.9 Å². The number of nitrogens with two attached hydrogens (primary N) is 1. The monoisotopic (exact) mass is 322 g/mol. The summed E-state index contributed by atoms with van der Waals surface area (Å²) in [5, 5.41) is 7.07. The first-order valence-corrected chi connectivity index (χ1v) is 7.27. The van der Waals surface area contributed by atoms with E-state index < -0.39 is 6.04 Å². The summed E-state index contributed by atoms with van der Waals surface area (Å²) in [6.45, 7) is 3.25. The van der Waals surface area contributed by atoms with Crippen LogP contribution < -0.4 is 11.1 Å². The molecular weight excluding hydrogens is 300 g/mol. The molecule has 5 nitrogen and oxygen atoms in total. The number of nitrogens with zero attached hydrogens (tertiary/aromatic N) is 2. The van der Waals surface area contributed by atoms with Crippen LogP contribution in [0.25, 0.3) is 0 Å². The van der Waals surface area contributed by atoms with E-state index in [9.17, 15) is 4.79 Å². The van der Waals surface area contributed by atoms with Gasteiger partial charge >= 0.3 is 0 Å². The fourth-order valence-electron chi connectivity index (χ4n) is 2.18. The third kappa shape index (κ3) is 5.50. The molecule has 6 heteroatoms. The van der Waals surface area contributed by atoms with Crippen LogP contribution in [0.1, 0.15) is 30.9 Å². The van der Waals surface area contributed by atoms with Crippen LogP contribution in [0, 0.1) is 0 Å². The van der Waals surface area contributed by atoms with Gasteiger partial charge in [0, 0.05) is 18.9 Å². The molecule has 1 aromatic heterocycles. The zero-order valence-electron chi connectivity index (χ0n) is 12.7. The summed E-state index contributed by atoms with van der Waals surface area (Å²) in [6.07, 6.45) is 5.32. The van der Waals surface area contributed by atoms with Crippen molar-refractivity contribution < 1.29 is 4.79 Å². The standard InChI is InChI=1S/C16H22N4O.ClH/c1-2-5-15(17)16(21)18-11-13-6-3-7-14(10-13)12-20-9-4-8-19-20;/h3-4,6-10,15H,2,5,11-12,17H2,1H3,(H,18,21);1H. The van der Waals surface area contributed by atoms with Crippen LogP contribution in [0.2, 0.25) is 0 Å². The molecule has 0 aliphatic rings. The number of halogens is 1. The molecule has 0 aliphatic heterocycles. The molecule has 0 fully saturated rings. The minimum atomic E-state index is -0.415. The number of rotatable bonds is 7. The third-order valence-corrected chi connectivity index (χ3v) is 3.30. The van der Waals surface area contributed by atoms with Crippen LogP contribution in [0.4, 0.5) is 0 Å². The molecular formula is C16H23ClN4O. The number of carbonyl (C=O) groups is 1. The van der Waals surface area contributed by atoms with Gasteiger partial charge in [-0.3, -0.25) is 9.48 Å². The molecule has 1 heterocycles. The lowest BCUT2D eigenvalue weighted by atomic mass is 10.1. The minimum absolute atomic E-state index is 0. The van der Waals surface area contributed by atoms with Crippen molar-refractivity contribution in [1.82, 2.24) is 15.1 Å². The van der Waals surface area contributed by atoms with Crippen LogP contribution in [0.5, 0.6) is 0 Å². The second-order valence-electron chi connectivity index (χ2n) is 5.14. The van der Waals surface area contributed by atoms with E-state index in [1.807, 2.05) is 36.0 Å². The quantitative estimate of drug-likeness (QED) is 0.820. The highest BCUT2D eigenvalue weighted by Crippen LogP contribution is 2.07. The average Bonchev–Trinajstić information content (AvgIpc) is 2.98. The first-order chi connectivity index (χ1) is 10.2. The van der Waals surface area contributed by atoms with Gasteiger partial charge in [0.2, 0.25) is 5.91 Å². The van der Waals surface area contributed by atoms with Crippen LogP contribution in [-0.4, -0.2) is 21.7 Å². The molecule has 0 radical (unpaired) electrons. The van der Waals surface area contributed by atoms with Crippen molar-refractivity contribution in [1.29, 1.82) is 0 Å². The lowest BCUT2D eigenvalue weighted by Crippen LogP contribution is -2.40. The molecule has 120 valence electrons. The number of carbonyl (C=O) groups excluding carboxylic acids is 1. The molecule has 0 bridgehead atoms. The smallest absolute Gasteiger partial charge is 0.237 e. The number of hydrogen-bond acceptors (Lipinski definition) is 3. The third-order valence-electron chi connectivity index (χ3n) is 3.30. The van der Waals surface area contributed by atoms with Crippen molar-refractivity contribution in [2.24, 2.45) is 5.73 Å². The molecule has 1 aromatic carbocycles. The summed E-state index contributed by atoms with van der Waals surface area (Å²) in [6, 6.07) is 9.61. The Morgan fingerprint density at radius 1 is 1.36 bits per heavy atom. The van der Waals surface area contributed by atoms with Crippen molar-refractivity contribution in [3.8, 4) is 0 Å². The molecule has 0 saturated carbocycles. The van der Waals surface area contributed by atoms with E-state index in [1.165, 1.54) is 0 Å². The number of nitrogens with one attached hydrogen (secondary N) is 1. The van der Waals surface area contributed by atoms with Crippen molar-refractivity contribution in [2.45, 2.75) is 38.9 Å². The maximum atomic E-state index is 11.8. The van der Waals surface area contributed by atoms with Gasteiger partial charge in [0.1, 0.15) is 0 Å². The van der Waals surface area contributed by atoms with E-state index in [-0.39, 0.29) is 18.3 Å². The molecule has 1 amide bonds. The van der Waals surface area contributed by atoms with Gasteiger partial charge in [-0.15, -0.1) is 12.4 Å². The fraction of sp³-hybridized carbons (Fsp3) is 0.375. The Hall–Kier alpha value is -1.85. The van der Waals surface area contributed by atoms with E-state index in [0.29, 0.717) is 13.0 Å². The van der Waals surface area contributed by atoms with Crippen molar-refractivity contribution in [3.63, 3.8) is 0 Å². The van der Waals surface area contributed by atoms with Crippen LogP contribution in [-0.2, 0) is 17.9 Å². The predicted octanol–water partition coefficient (Wildman–Crippen LogP) is 2.10. The van der Waals surface area contributed by atoms with Gasteiger partial charge < -0.3 is 11.1 Å². The largest absolute Gasteiger partial charge is 0.351 e. The maximum absolute atomic E-state index is 11.8.